The lowest BCUT2D eigenvalue weighted by molar-refractivity contribution is -0.143. The summed E-state index contributed by atoms with van der Waals surface area (Å²) in [6.07, 6.45) is 11.8. The van der Waals surface area contributed by atoms with Crippen LogP contribution in [0.4, 0.5) is 0 Å². The summed E-state index contributed by atoms with van der Waals surface area (Å²) in [5.41, 5.74) is -0.109. The number of rotatable bonds is 20. The quantitative estimate of drug-likeness (QED) is 0.157. The molecular weight excluding hydrogens is 432 g/mol. The van der Waals surface area contributed by atoms with Gasteiger partial charge < -0.3 is 24.8 Å². The highest BCUT2D eigenvalue weighted by Gasteiger charge is 2.43. The maximum atomic E-state index is 11.7. The minimum Gasteiger partial charge on any atom is -0.466 e. The maximum Gasteiger partial charge on any atom is 0.305 e. The highest BCUT2D eigenvalue weighted by molar-refractivity contribution is 5.69. The lowest BCUT2D eigenvalue weighted by Crippen LogP contribution is -2.32. The molecule has 5 atom stereocenters. The van der Waals surface area contributed by atoms with E-state index in [1.54, 1.807) is 0 Å². The first kappa shape index (κ1) is 31.3. The Bertz CT molecular complexity index is 523. The molecule has 6 heteroatoms. The van der Waals surface area contributed by atoms with Gasteiger partial charge in [-0.1, -0.05) is 66.2 Å². The van der Waals surface area contributed by atoms with Crippen molar-refractivity contribution in [1.82, 2.24) is 0 Å². The summed E-state index contributed by atoms with van der Waals surface area (Å²) in [5, 5.41) is 30.9. The summed E-state index contributed by atoms with van der Waals surface area (Å²) >= 11 is 0. The number of hydrogen-bond acceptors (Lipinski definition) is 6. The van der Waals surface area contributed by atoms with Gasteiger partial charge in [0.1, 0.15) is 0 Å². The standard InChI is InChI=1S/C28H54O6/c1-5-7-17-28(3,4)26(31)16-15-23-22(24(30)21-25(23)33-20-18-29)13-11-9-10-12-14-27(32)34-19-8-6-2/h22-26,29-31H,5-21H2,1-4H3/t22-,23-,24+,25-,26?/m1/s1. The zero-order valence-electron chi connectivity index (χ0n) is 22.5. The van der Waals surface area contributed by atoms with Crippen LogP contribution in [0.5, 0.6) is 0 Å². The van der Waals surface area contributed by atoms with Crippen molar-refractivity contribution in [1.29, 1.82) is 0 Å². The first-order valence-corrected chi connectivity index (χ1v) is 14.0. The highest BCUT2D eigenvalue weighted by Crippen LogP contribution is 2.42. The summed E-state index contributed by atoms with van der Waals surface area (Å²) in [5.74, 6) is 0.268. The average Bonchev–Trinajstić information content (AvgIpc) is 3.11. The molecule has 0 spiro atoms. The van der Waals surface area contributed by atoms with Crippen LogP contribution in [-0.2, 0) is 14.3 Å². The molecule has 1 rings (SSSR count). The molecule has 0 radical (unpaired) electrons. The van der Waals surface area contributed by atoms with E-state index in [-0.39, 0.29) is 42.0 Å². The fourth-order valence-electron chi connectivity index (χ4n) is 5.30. The van der Waals surface area contributed by atoms with Gasteiger partial charge in [-0.25, -0.2) is 0 Å². The number of carbonyl (C=O) groups is 1. The summed E-state index contributed by atoms with van der Waals surface area (Å²) in [4.78, 5) is 11.7. The first-order chi connectivity index (χ1) is 16.3. The molecule has 1 aliphatic carbocycles. The Labute approximate surface area is 208 Å². The van der Waals surface area contributed by atoms with E-state index in [1.165, 1.54) is 0 Å². The van der Waals surface area contributed by atoms with Gasteiger partial charge in [-0.15, -0.1) is 0 Å². The lowest BCUT2D eigenvalue weighted by atomic mass is 9.77. The van der Waals surface area contributed by atoms with Crippen LogP contribution in [0.3, 0.4) is 0 Å². The van der Waals surface area contributed by atoms with Gasteiger partial charge >= 0.3 is 5.97 Å². The molecule has 1 aliphatic rings. The predicted molar refractivity (Wildman–Crippen MR) is 137 cm³/mol. The Morgan fingerprint density at radius 2 is 1.68 bits per heavy atom. The third-order valence-electron chi connectivity index (χ3n) is 7.70. The normalized spacial score (nSPS) is 23.9. The molecule has 0 aromatic carbocycles. The number of esters is 1. The van der Waals surface area contributed by atoms with Crippen molar-refractivity contribution < 1.29 is 29.6 Å². The van der Waals surface area contributed by atoms with Crippen LogP contribution in [0.2, 0.25) is 0 Å². The zero-order chi connectivity index (χ0) is 25.4. The number of carbonyl (C=O) groups excluding carboxylic acids is 1. The van der Waals surface area contributed by atoms with Gasteiger partial charge in [-0.3, -0.25) is 4.79 Å². The van der Waals surface area contributed by atoms with Crippen LogP contribution in [0.15, 0.2) is 0 Å². The van der Waals surface area contributed by atoms with Crippen LogP contribution in [-0.4, -0.2) is 59.4 Å². The number of ether oxygens (including phenoxy) is 2. The van der Waals surface area contributed by atoms with Gasteiger partial charge in [0.15, 0.2) is 0 Å². The van der Waals surface area contributed by atoms with Gasteiger partial charge in [-0.2, -0.15) is 0 Å². The van der Waals surface area contributed by atoms with E-state index in [2.05, 4.69) is 27.7 Å². The second kappa shape index (κ2) is 17.7. The van der Waals surface area contributed by atoms with E-state index in [1.807, 2.05) is 0 Å². The highest BCUT2D eigenvalue weighted by atomic mass is 16.5. The summed E-state index contributed by atoms with van der Waals surface area (Å²) in [6.45, 7) is 9.35. The Kier molecular flexibility index (Phi) is 16.3. The number of hydrogen-bond donors (Lipinski definition) is 3. The molecule has 0 aromatic heterocycles. The van der Waals surface area contributed by atoms with E-state index in [4.69, 9.17) is 9.47 Å². The third-order valence-corrected chi connectivity index (χ3v) is 7.70. The van der Waals surface area contributed by atoms with Gasteiger partial charge in [0.2, 0.25) is 0 Å². The van der Waals surface area contributed by atoms with Crippen molar-refractivity contribution >= 4 is 5.97 Å². The molecule has 1 saturated carbocycles. The van der Waals surface area contributed by atoms with Crippen LogP contribution in [0.1, 0.15) is 118 Å². The first-order valence-electron chi connectivity index (χ1n) is 14.0. The van der Waals surface area contributed by atoms with Crippen molar-refractivity contribution in [2.24, 2.45) is 17.3 Å². The topological polar surface area (TPSA) is 96.2 Å². The van der Waals surface area contributed by atoms with E-state index in [0.29, 0.717) is 32.5 Å². The van der Waals surface area contributed by atoms with Crippen LogP contribution in [0.25, 0.3) is 0 Å². The minimum atomic E-state index is -0.396. The van der Waals surface area contributed by atoms with Crippen molar-refractivity contribution in [3.05, 3.63) is 0 Å². The SMILES string of the molecule is CCCCOC(=O)CCCCCC[C@@H]1[C@@H](CCC(O)C(C)(C)CCCC)[C@H](OCCO)C[C@@H]1O. The van der Waals surface area contributed by atoms with Crippen molar-refractivity contribution in [3.63, 3.8) is 0 Å². The fraction of sp³-hybridized carbons (Fsp3) is 0.964. The fourth-order valence-corrected chi connectivity index (χ4v) is 5.30. The Morgan fingerprint density at radius 1 is 0.971 bits per heavy atom. The Morgan fingerprint density at radius 3 is 2.35 bits per heavy atom. The average molecular weight is 487 g/mol. The summed E-state index contributed by atoms with van der Waals surface area (Å²) in [6, 6.07) is 0. The number of aliphatic hydroxyl groups is 3. The molecular formula is C28H54O6. The van der Waals surface area contributed by atoms with Crippen molar-refractivity contribution in [2.75, 3.05) is 19.8 Å². The Hall–Kier alpha value is -0.690. The van der Waals surface area contributed by atoms with E-state index in [0.717, 1.165) is 70.6 Å². The zero-order valence-corrected chi connectivity index (χ0v) is 22.5. The second-order valence-electron chi connectivity index (χ2n) is 11.0. The van der Waals surface area contributed by atoms with Crippen LogP contribution < -0.4 is 0 Å². The molecule has 6 nitrogen and oxygen atoms in total. The predicted octanol–water partition coefficient (Wildman–Crippen LogP) is 5.40. The molecule has 0 aliphatic heterocycles. The molecule has 1 fully saturated rings. The summed E-state index contributed by atoms with van der Waals surface area (Å²) in [7, 11) is 0. The van der Waals surface area contributed by atoms with Gasteiger partial charge in [0.05, 0.1) is 38.1 Å². The van der Waals surface area contributed by atoms with Crippen LogP contribution >= 0.6 is 0 Å². The van der Waals surface area contributed by atoms with E-state index >= 15 is 0 Å². The molecule has 0 bridgehead atoms. The van der Waals surface area contributed by atoms with Gasteiger partial charge in [0.25, 0.3) is 0 Å². The minimum absolute atomic E-state index is 0.0163. The largest absolute Gasteiger partial charge is 0.466 e. The van der Waals surface area contributed by atoms with E-state index < -0.39 is 6.10 Å². The maximum absolute atomic E-state index is 11.7. The van der Waals surface area contributed by atoms with Crippen molar-refractivity contribution in [2.45, 2.75) is 136 Å². The Balaban J connectivity index is 2.50. The molecule has 0 saturated heterocycles. The van der Waals surface area contributed by atoms with Gasteiger partial charge in [-0.05, 0) is 55.8 Å². The molecule has 0 amide bonds. The number of unbranched alkanes of at least 4 members (excludes halogenated alkanes) is 5. The molecule has 202 valence electrons. The third kappa shape index (κ3) is 11.8. The number of aliphatic hydroxyl groups excluding tert-OH is 3. The van der Waals surface area contributed by atoms with Crippen molar-refractivity contribution in [3.8, 4) is 0 Å². The van der Waals surface area contributed by atoms with E-state index in [9.17, 15) is 20.1 Å². The molecule has 0 heterocycles. The summed E-state index contributed by atoms with van der Waals surface area (Å²) < 4.78 is 11.1. The molecule has 1 unspecified atom stereocenters. The smallest absolute Gasteiger partial charge is 0.305 e. The second-order valence-corrected chi connectivity index (χ2v) is 11.0. The molecule has 3 N–H and O–H groups in total. The van der Waals surface area contributed by atoms with Crippen LogP contribution in [0, 0.1) is 17.3 Å². The molecule has 34 heavy (non-hydrogen) atoms. The molecule has 0 aromatic rings. The van der Waals surface area contributed by atoms with Gasteiger partial charge in [0, 0.05) is 12.8 Å². The monoisotopic (exact) mass is 486 g/mol. The lowest BCUT2D eigenvalue weighted by Gasteiger charge is -2.33.